The van der Waals surface area contributed by atoms with Gasteiger partial charge in [0.05, 0.1) is 19.6 Å². The quantitative estimate of drug-likeness (QED) is 0.692. The molecule has 0 saturated carbocycles. The highest BCUT2D eigenvalue weighted by atomic mass is 32.1. The fourth-order valence-electron chi connectivity index (χ4n) is 3.21. The molecule has 1 aliphatic rings. The lowest BCUT2D eigenvalue weighted by Crippen LogP contribution is -2.17. The summed E-state index contributed by atoms with van der Waals surface area (Å²) < 4.78 is 13.2. The van der Waals surface area contributed by atoms with Gasteiger partial charge in [-0.3, -0.25) is 9.36 Å². The van der Waals surface area contributed by atoms with E-state index in [-0.39, 0.29) is 5.56 Å². The van der Waals surface area contributed by atoms with E-state index in [2.05, 4.69) is 4.98 Å². The van der Waals surface area contributed by atoms with E-state index in [1.807, 2.05) is 43.5 Å². The van der Waals surface area contributed by atoms with Crippen LogP contribution in [0.15, 0.2) is 58.9 Å². The van der Waals surface area contributed by atoms with Crippen molar-refractivity contribution in [1.29, 1.82) is 0 Å². The minimum absolute atomic E-state index is 0.0409. The minimum Gasteiger partial charge on any atom is -0.497 e. The van der Waals surface area contributed by atoms with Crippen LogP contribution in [0, 0.1) is 0 Å². The molecule has 0 atom stereocenters. The largest absolute Gasteiger partial charge is 0.497 e. The van der Waals surface area contributed by atoms with Crippen molar-refractivity contribution in [2.45, 2.75) is 13.3 Å². The summed E-state index contributed by atoms with van der Waals surface area (Å²) >= 11 is 1.40. The van der Waals surface area contributed by atoms with Crippen LogP contribution in [0.4, 0.5) is 0 Å². The summed E-state index contributed by atoms with van der Waals surface area (Å²) in [5.41, 5.74) is 2.00. The van der Waals surface area contributed by atoms with Gasteiger partial charge in [-0.25, -0.2) is 4.98 Å². The third-order valence-electron chi connectivity index (χ3n) is 4.45. The molecular weight excluding hydrogens is 348 g/mol. The molecule has 0 aromatic carbocycles. The molecule has 6 heteroatoms. The van der Waals surface area contributed by atoms with Gasteiger partial charge in [0.2, 0.25) is 0 Å². The first-order valence-corrected chi connectivity index (χ1v) is 9.03. The molecule has 0 fully saturated rings. The van der Waals surface area contributed by atoms with Crippen LogP contribution in [0.5, 0.6) is 5.75 Å². The van der Waals surface area contributed by atoms with Gasteiger partial charge >= 0.3 is 0 Å². The van der Waals surface area contributed by atoms with Crippen LogP contribution in [0.2, 0.25) is 0 Å². The van der Waals surface area contributed by atoms with Gasteiger partial charge in [0.15, 0.2) is 0 Å². The van der Waals surface area contributed by atoms with Crippen molar-refractivity contribution in [2.75, 3.05) is 14.2 Å². The maximum absolute atomic E-state index is 13.2. The number of hydrogen-bond donors (Lipinski definition) is 0. The molecule has 4 rings (SSSR count). The minimum atomic E-state index is -0.0409. The zero-order valence-electron chi connectivity index (χ0n) is 14.8. The predicted molar refractivity (Wildman–Crippen MR) is 106 cm³/mol. The molecule has 3 heterocycles. The number of hydrogen-bond acceptors (Lipinski definition) is 5. The molecule has 5 nitrogen and oxygen atoms in total. The number of rotatable bonds is 3. The molecule has 0 N–H and O–H groups in total. The van der Waals surface area contributed by atoms with Crippen LogP contribution in [-0.4, -0.2) is 23.8 Å². The fourth-order valence-corrected chi connectivity index (χ4v) is 4.30. The summed E-state index contributed by atoms with van der Waals surface area (Å²) in [5.74, 6) is 1.51. The third kappa shape index (κ3) is 2.63. The molecule has 0 spiro atoms. The van der Waals surface area contributed by atoms with Crippen molar-refractivity contribution in [1.82, 2.24) is 9.55 Å². The number of nitrogens with zero attached hydrogens (tertiary/aromatic N) is 2. The van der Waals surface area contributed by atoms with Crippen LogP contribution in [0.25, 0.3) is 26.0 Å². The average Bonchev–Trinajstić information content (AvgIpc) is 2.93. The lowest BCUT2D eigenvalue weighted by molar-refractivity contribution is 0.306. The van der Waals surface area contributed by atoms with Crippen molar-refractivity contribution in [2.24, 2.45) is 0 Å². The van der Waals surface area contributed by atoms with Gasteiger partial charge in [-0.2, -0.15) is 0 Å². The van der Waals surface area contributed by atoms with Crippen molar-refractivity contribution >= 4 is 37.3 Å². The molecule has 0 bridgehead atoms. The number of thiophene rings is 1. The highest BCUT2D eigenvalue weighted by molar-refractivity contribution is 7.25. The SMILES string of the molecule is COC1=CC=C(n2ccc3c(sc4nccc(OC)c43)c2=O)CC(C)=C1. The predicted octanol–water partition coefficient (Wildman–Crippen LogP) is 4.34. The molecule has 3 aromatic rings. The highest BCUT2D eigenvalue weighted by Crippen LogP contribution is 2.36. The van der Waals surface area contributed by atoms with Crippen molar-refractivity contribution in [3.8, 4) is 5.75 Å². The van der Waals surface area contributed by atoms with Gasteiger partial charge < -0.3 is 9.47 Å². The number of ether oxygens (including phenoxy) is 2. The van der Waals surface area contributed by atoms with Gasteiger partial charge in [-0.15, -0.1) is 11.3 Å². The van der Waals surface area contributed by atoms with Gasteiger partial charge in [0, 0.05) is 29.9 Å². The van der Waals surface area contributed by atoms with E-state index in [0.29, 0.717) is 11.1 Å². The molecule has 0 amide bonds. The Kier molecular flexibility index (Phi) is 4.12. The van der Waals surface area contributed by atoms with Crippen LogP contribution < -0.4 is 10.3 Å². The van der Waals surface area contributed by atoms with Crippen LogP contribution in [0.1, 0.15) is 13.3 Å². The first-order valence-electron chi connectivity index (χ1n) is 8.21. The third-order valence-corrected chi connectivity index (χ3v) is 5.55. The number of allylic oxidation sites excluding steroid dienone is 5. The number of fused-ring (bicyclic) bond motifs is 3. The molecule has 0 radical (unpaired) electrons. The monoisotopic (exact) mass is 366 g/mol. The van der Waals surface area contributed by atoms with Crippen molar-refractivity contribution < 1.29 is 9.47 Å². The zero-order chi connectivity index (χ0) is 18.3. The Bertz CT molecular complexity index is 1160. The van der Waals surface area contributed by atoms with Crippen molar-refractivity contribution in [3.05, 3.63) is 64.4 Å². The zero-order valence-corrected chi connectivity index (χ0v) is 15.6. The van der Waals surface area contributed by atoms with E-state index < -0.39 is 0 Å². The van der Waals surface area contributed by atoms with E-state index >= 15 is 0 Å². The molecule has 3 aromatic heterocycles. The second-order valence-corrected chi connectivity index (χ2v) is 7.13. The molecule has 1 aliphatic carbocycles. The number of aromatic nitrogens is 2. The molecule has 26 heavy (non-hydrogen) atoms. The number of pyridine rings is 2. The Morgan fingerprint density at radius 2 is 2.04 bits per heavy atom. The average molecular weight is 366 g/mol. The first kappa shape index (κ1) is 16.6. The topological polar surface area (TPSA) is 53.4 Å². The van der Waals surface area contributed by atoms with Crippen LogP contribution in [-0.2, 0) is 4.74 Å². The molecule has 0 saturated heterocycles. The van der Waals surface area contributed by atoms with E-state index in [0.717, 1.165) is 38.4 Å². The summed E-state index contributed by atoms with van der Waals surface area (Å²) in [4.78, 5) is 18.4. The second kappa shape index (κ2) is 6.46. The lowest BCUT2D eigenvalue weighted by Gasteiger charge is -2.10. The fraction of sp³-hybridized carbons (Fsp3) is 0.200. The normalized spacial score (nSPS) is 14.7. The van der Waals surface area contributed by atoms with E-state index in [1.54, 1.807) is 25.0 Å². The first-order chi connectivity index (χ1) is 12.6. The van der Waals surface area contributed by atoms with Gasteiger partial charge in [-0.1, -0.05) is 5.57 Å². The summed E-state index contributed by atoms with van der Waals surface area (Å²) in [7, 11) is 3.27. The smallest absolute Gasteiger partial charge is 0.272 e. The summed E-state index contributed by atoms with van der Waals surface area (Å²) in [6.07, 6.45) is 10.0. The maximum atomic E-state index is 13.2. The molecule has 0 aliphatic heterocycles. The highest BCUT2D eigenvalue weighted by Gasteiger charge is 2.16. The van der Waals surface area contributed by atoms with E-state index in [1.165, 1.54) is 11.3 Å². The summed E-state index contributed by atoms with van der Waals surface area (Å²) in [6, 6.07) is 3.78. The standard InChI is InChI=1S/C20H18N2O3S/c1-12-10-13(4-5-14(11-12)24-2)22-9-7-15-17-16(25-3)6-8-21-19(17)26-18(15)20(22)23/h4-9,11H,10H2,1-3H3. The van der Waals surface area contributed by atoms with E-state index in [4.69, 9.17) is 9.47 Å². The Morgan fingerprint density at radius 1 is 1.19 bits per heavy atom. The summed E-state index contributed by atoms with van der Waals surface area (Å²) in [6.45, 7) is 2.03. The second-order valence-electron chi connectivity index (χ2n) is 6.13. The molecule has 132 valence electrons. The Hall–Kier alpha value is -2.86. The Labute approximate surface area is 154 Å². The molecular formula is C20H18N2O3S. The number of methoxy groups -OCH3 is 2. The maximum Gasteiger partial charge on any atom is 0.272 e. The Morgan fingerprint density at radius 3 is 2.81 bits per heavy atom. The van der Waals surface area contributed by atoms with Gasteiger partial charge in [-0.05, 0) is 37.3 Å². The molecule has 0 unspecified atom stereocenters. The Balaban J connectivity index is 1.94. The lowest BCUT2D eigenvalue weighted by atomic mass is 10.1. The summed E-state index contributed by atoms with van der Waals surface area (Å²) in [5, 5.41) is 1.78. The van der Waals surface area contributed by atoms with Crippen LogP contribution >= 0.6 is 11.3 Å². The van der Waals surface area contributed by atoms with E-state index in [9.17, 15) is 4.79 Å². The van der Waals surface area contributed by atoms with Gasteiger partial charge in [0.1, 0.15) is 21.0 Å². The van der Waals surface area contributed by atoms with Crippen molar-refractivity contribution in [3.63, 3.8) is 0 Å². The van der Waals surface area contributed by atoms with Crippen LogP contribution in [0.3, 0.4) is 0 Å². The van der Waals surface area contributed by atoms with Gasteiger partial charge in [0.25, 0.3) is 5.56 Å².